The van der Waals surface area contributed by atoms with Crippen molar-refractivity contribution in [1.29, 1.82) is 0 Å². The molecule has 5 atom stereocenters. The molecular formula is C25H43NO5SSi2. The first-order chi connectivity index (χ1) is 15.2. The van der Waals surface area contributed by atoms with E-state index in [9.17, 15) is 14.4 Å². The lowest BCUT2D eigenvalue weighted by molar-refractivity contribution is -0.169. The highest BCUT2D eigenvalue weighted by molar-refractivity contribution is 7.98. The normalized spacial score (nSPS) is 34.3. The summed E-state index contributed by atoms with van der Waals surface area (Å²) in [7, 11) is -3.51. The maximum atomic E-state index is 14.2. The topological polar surface area (TPSA) is 72.9 Å². The van der Waals surface area contributed by atoms with Gasteiger partial charge >= 0.3 is 0 Å². The van der Waals surface area contributed by atoms with E-state index in [1.807, 2.05) is 12.3 Å². The molecule has 6 nitrogen and oxygen atoms in total. The Balaban J connectivity index is 2.39. The number of thioether (sulfide) groups is 1. The van der Waals surface area contributed by atoms with Crippen molar-refractivity contribution >= 4 is 46.0 Å². The van der Waals surface area contributed by atoms with E-state index in [1.165, 1.54) is 11.9 Å². The van der Waals surface area contributed by atoms with Gasteiger partial charge in [-0.2, -0.15) is 11.8 Å². The first kappa shape index (κ1) is 27.8. The van der Waals surface area contributed by atoms with Crippen molar-refractivity contribution in [2.24, 2.45) is 17.8 Å². The quantitative estimate of drug-likeness (QED) is 0.364. The van der Waals surface area contributed by atoms with Gasteiger partial charge in [0.25, 0.3) is 0 Å². The fraction of sp³-hybridized carbons (Fsp3) is 0.800. The minimum atomic E-state index is -2.58. The molecule has 3 rings (SSSR count). The van der Waals surface area contributed by atoms with Crippen LogP contribution in [-0.2, 0) is 23.2 Å². The fourth-order valence-corrected chi connectivity index (χ4v) is 9.42. The first-order valence-corrected chi connectivity index (χ1v) is 19.4. The summed E-state index contributed by atoms with van der Waals surface area (Å²) in [5.41, 5.74) is -2.60. The molecule has 0 unspecified atom stereocenters. The average molecular weight is 526 g/mol. The minimum absolute atomic E-state index is 0.125. The minimum Gasteiger partial charge on any atom is -0.406 e. The van der Waals surface area contributed by atoms with Gasteiger partial charge in [-0.1, -0.05) is 47.6 Å². The van der Waals surface area contributed by atoms with Crippen LogP contribution in [0.25, 0.3) is 0 Å². The number of imide groups is 1. The van der Waals surface area contributed by atoms with E-state index < -0.39 is 45.6 Å². The molecule has 0 aromatic rings. The molecule has 1 saturated heterocycles. The SMILES string of the molecule is CSC[C@]1(O[Si](C)(C)C(C)(C)C)[C@H]2C=CC(=O)[C@@]1(O[Si](C)(C)C(C)(C)C)[C@H]1C(=O)N(C)C(=O)[C@@H]21. The smallest absolute Gasteiger partial charge is 0.236 e. The number of nitrogens with zero attached hydrogens (tertiary/aromatic N) is 1. The van der Waals surface area contributed by atoms with Gasteiger partial charge in [0.05, 0.1) is 11.8 Å². The molecule has 9 heteroatoms. The lowest BCUT2D eigenvalue weighted by atomic mass is 9.72. The van der Waals surface area contributed by atoms with Crippen LogP contribution >= 0.6 is 11.8 Å². The lowest BCUT2D eigenvalue weighted by Crippen LogP contribution is -2.73. The van der Waals surface area contributed by atoms with Crippen LogP contribution in [0.3, 0.4) is 0 Å². The molecule has 2 aliphatic carbocycles. The van der Waals surface area contributed by atoms with Gasteiger partial charge in [-0.05, 0) is 48.6 Å². The summed E-state index contributed by atoms with van der Waals surface area (Å²) in [6, 6.07) is 0. The number of hydrogen-bond donors (Lipinski definition) is 0. The third-order valence-corrected chi connectivity index (χ3v) is 18.9. The molecule has 2 amide bonds. The molecule has 2 fully saturated rings. The van der Waals surface area contributed by atoms with Crippen LogP contribution in [0, 0.1) is 17.8 Å². The monoisotopic (exact) mass is 525 g/mol. The highest BCUT2D eigenvalue weighted by Crippen LogP contribution is 2.65. The number of carbonyl (C=O) groups is 3. The van der Waals surface area contributed by atoms with Crippen molar-refractivity contribution in [1.82, 2.24) is 4.90 Å². The van der Waals surface area contributed by atoms with Crippen molar-refractivity contribution in [2.45, 2.75) is 89.0 Å². The Bertz CT molecular complexity index is 935. The zero-order chi connectivity index (χ0) is 26.3. The van der Waals surface area contributed by atoms with E-state index in [-0.39, 0.29) is 27.7 Å². The summed E-state index contributed by atoms with van der Waals surface area (Å²) in [5.74, 6) is -2.23. The number of amides is 2. The Kier molecular flexibility index (Phi) is 6.66. The molecule has 0 aromatic heterocycles. The highest BCUT2D eigenvalue weighted by atomic mass is 32.2. The van der Waals surface area contributed by atoms with Gasteiger partial charge in [-0.25, -0.2) is 0 Å². The van der Waals surface area contributed by atoms with Gasteiger partial charge in [0.15, 0.2) is 28.0 Å². The zero-order valence-corrected chi connectivity index (χ0v) is 25.8. The van der Waals surface area contributed by atoms with Crippen molar-refractivity contribution in [3.63, 3.8) is 0 Å². The second-order valence-electron chi connectivity index (χ2n) is 13.3. The first-order valence-electron chi connectivity index (χ1n) is 12.2. The van der Waals surface area contributed by atoms with Crippen molar-refractivity contribution < 1.29 is 23.2 Å². The van der Waals surface area contributed by atoms with Crippen LogP contribution in [0.2, 0.25) is 36.3 Å². The van der Waals surface area contributed by atoms with Crippen molar-refractivity contribution in [2.75, 3.05) is 19.1 Å². The molecule has 0 N–H and O–H groups in total. The van der Waals surface area contributed by atoms with Gasteiger partial charge in [0.2, 0.25) is 11.8 Å². The van der Waals surface area contributed by atoms with Gasteiger partial charge in [-0.3, -0.25) is 19.3 Å². The van der Waals surface area contributed by atoms with Crippen molar-refractivity contribution in [3.8, 4) is 0 Å². The summed E-state index contributed by atoms with van der Waals surface area (Å²) in [6.45, 7) is 21.4. The van der Waals surface area contributed by atoms with E-state index in [2.05, 4.69) is 67.7 Å². The van der Waals surface area contributed by atoms with Crippen LogP contribution in [0.15, 0.2) is 12.2 Å². The van der Waals surface area contributed by atoms with E-state index in [0.29, 0.717) is 5.75 Å². The molecule has 34 heavy (non-hydrogen) atoms. The standard InChI is InChI=1S/C25H43NO5SSi2/c1-22(2,3)33(9,10)30-24(15-32-8)16-13-14-17(27)25(24,31-34(11,12)23(4,5)6)19-18(16)20(28)26(7)21(19)29/h13-14,16,18-19H,15H2,1-12H3/t16-,18-,19+,24-,25+/m0/s1. The lowest BCUT2D eigenvalue weighted by Gasteiger charge is -2.57. The molecule has 192 valence electrons. The number of hydrogen-bond acceptors (Lipinski definition) is 6. The molecular weight excluding hydrogens is 483 g/mol. The number of carbonyl (C=O) groups excluding carboxylic acids is 3. The second kappa shape index (κ2) is 8.13. The zero-order valence-electron chi connectivity index (χ0n) is 23.0. The van der Waals surface area contributed by atoms with Crippen LogP contribution in [0.5, 0.6) is 0 Å². The maximum absolute atomic E-state index is 14.2. The van der Waals surface area contributed by atoms with E-state index in [1.54, 1.807) is 17.8 Å². The molecule has 0 spiro atoms. The van der Waals surface area contributed by atoms with Crippen molar-refractivity contribution in [3.05, 3.63) is 12.2 Å². The predicted molar refractivity (Wildman–Crippen MR) is 143 cm³/mol. The fourth-order valence-electron chi connectivity index (χ4n) is 5.33. The van der Waals surface area contributed by atoms with Gasteiger partial charge in [0, 0.05) is 18.7 Å². The number of ketones is 1. The third-order valence-electron chi connectivity index (χ3n) is 9.21. The summed E-state index contributed by atoms with van der Waals surface area (Å²) >= 11 is 1.59. The largest absolute Gasteiger partial charge is 0.406 e. The third kappa shape index (κ3) is 3.59. The van der Waals surface area contributed by atoms with Gasteiger partial charge < -0.3 is 8.85 Å². The number of likely N-dealkylation sites (tertiary alicyclic amines) is 1. The Labute approximate surface area is 211 Å². The second-order valence-corrected chi connectivity index (χ2v) is 23.6. The molecule has 2 bridgehead atoms. The van der Waals surface area contributed by atoms with Crippen LogP contribution in [0.4, 0.5) is 0 Å². The van der Waals surface area contributed by atoms with E-state index in [0.717, 1.165) is 0 Å². The predicted octanol–water partition coefficient (Wildman–Crippen LogP) is 4.87. The summed E-state index contributed by atoms with van der Waals surface area (Å²) in [4.78, 5) is 42.5. The molecule has 3 aliphatic rings. The maximum Gasteiger partial charge on any atom is 0.236 e. The molecule has 0 radical (unpaired) electrons. The molecule has 1 saturated carbocycles. The summed E-state index contributed by atoms with van der Waals surface area (Å²) in [6.07, 6.45) is 5.39. The van der Waals surface area contributed by atoms with Gasteiger partial charge in [-0.15, -0.1) is 0 Å². The van der Waals surface area contributed by atoms with Gasteiger partial charge in [0.1, 0.15) is 5.60 Å². The average Bonchev–Trinajstić information content (AvgIpc) is 2.94. The molecule has 1 heterocycles. The Morgan fingerprint density at radius 3 is 1.91 bits per heavy atom. The molecule has 0 aromatic carbocycles. The Morgan fingerprint density at radius 1 is 0.941 bits per heavy atom. The van der Waals surface area contributed by atoms with E-state index in [4.69, 9.17) is 8.85 Å². The number of fused-ring (bicyclic) bond motifs is 5. The van der Waals surface area contributed by atoms with Crippen LogP contribution in [-0.4, -0.2) is 69.4 Å². The summed E-state index contributed by atoms with van der Waals surface area (Å²) in [5, 5.41) is -0.323. The summed E-state index contributed by atoms with van der Waals surface area (Å²) < 4.78 is 14.4. The Hall–Kier alpha value is -0.746. The Morgan fingerprint density at radius 2 is 1.44 bits per heavy atom. The van der Waals surface area contributed by atoms with Crippen LogP contribution < -0.4 is 0 Å². The highest BCUT2D eigenvalue weighted by Gasteiger charge is 2.81. The number of rotatable bonds is 6. The van der Waals surface area contributed by atoms with E-state index >= 15 is 0 Å². The molecule has 1 aliphatic heterocycles. The van der Waals surface area contributed by atoms with Crippen LogP contribution in [0.1, 0.15) is 41.5 Å².